The lowest BCUT2D eigenvalue weighted by Gasteiger charge is -2.23. The molecule has 21 heavy (non-hydrogen) atoms. The van der Waals surface area contributed by atoms with Crippen molar-refractivity contribution < 1.29 is 9.18 Å². The average Bonchev–Trinajstić information content (AvgIpc) is 2.45. The molecule has 2 aromatic carbocycles. The van der Waals surface area contributed by atoms with E-state index in [0.717, 1.165) is 6.42 Å². The second-order valence-electron chi connectivity index (χ2n) is 4.64. The Morgan fingerprint density at radius 3 is 2.48 bits per heavy atom. The van der Waals surface area contributed by atoms with Crippen LogP contribution < -0.4 is 10.6 Å². The van der Waals surface area contributed by atoms with Crippen LogP contribution >= 0.6 is 15.9 Å². The van der Waals surface area contributed by atoms with Crippen molar-refractivity contribution in [2.75, 3.05) is 17.2 Å². The summed E-state index contributed by atoms with van der Waals surface area (Å²) in [5.41, 5.74) is 7.03. The monoisotopic (exact) mass is 350 g/mol. The van der Waals surface area contributed by atoms with Gasteiger partial charge in [-0.3, -0.25) is 4.79 Å². The Morgan fingerprint density at radius 1 is 1.24 bits per heavy atom. The smallest absolute Gasteiger partial charge is 0.262 e. The lowest BCUT2D eigenvalue weighted by atomic mass is 10.1. The second kappa shape index (κ2) is 6.72. The number of benzene rings is 2. The zero-order valence-corrected chi connectivity index (χ0v) is 13.2. The van der Waals surface area contributed by atoms with Gasteiger partial charge in [0.1, 0.15) is 5.82 Å². The van der Waals surface area contributed by atoms with Gasteiger partial charge in [0.25, 0.3) is 5.91 Å². The van der Waals surface area contributed by atoms with Gasteiger partial charge in [0.05, 0.1) is 5.56 Å². The number of hydrogen-bond donors (Lipinski definition) is 1. The van der Waals surface area contributed by atoms with Crippen molar-refractivity contribution >= 4 is 33.2 Å². The van der Waals surface area contributed by atoms with Gasteiger partial charge in [0.2, 0.25) is 0 Å². The molecule has 1 amide bonds. The van der Waals surface area contributed by atoms with Gasteiger partial charge in [-0.1, -0.05) is 13.0 Å². The Bertz CT molecular complexity index is 623. The number of nitrogens with zero attached hydrogens (tertiary/aromatic N) is 1. The van der Waals surface area contributed by atoms with Crippen molar-refractivity contribution in [2.24, 2.45) is 0 Å². The molecule has 0 radical (unpaired) electrons. The molecule has 0 spiro atoms. The molecule has 0 atom stereocenters. The Hall–Kier alpha value is -1.88. The van der Waals surface area contributed by atoms with Crippen LogP contribution in [0.1, 0.15) is 23.7 Å². The molecular weight excluding hydrogens is 335 g/mol. The number of hydrogen-bond acceptors (Lipinski definition) is 2. The van der Waals surface area contributed by atoms with E-state index >= 15 is 0 Å². The van der Waals surface area contributed by atoms with Crippen molar-refractivity contribution in [2.45, 2.75) is 13.3 Å². The third-order valence-corrected chi connectivity index (χ3v) is 3.73. The first kappa shape index (κ1) is 15.5. The van der Waals surface area contributed by atoms with E-state index < -0.39 is 5.82 Å². The number of rotatable bonds is 4. The van der Waals surface area contributed by atoms with Crippen LogP contribution in [-0.2, 0) is 0 Å². The van der Waals surface area contributed by atoms with Gasteiger partial charge in [0.15, 0.2) is 0 Å². The number of amides is 1. The van der Waals surface area contributed by atoms with E-state index in [9.17, 15) is 9.18 Å². The second-order valence-corrected chi connectivity index (χ2v) is 5.50. The van der Waals surface area contributed by atoms with Crippen molar-refractivity contribution in [3.05, 3.63) is 58.3 Å². The summed E-state index contributed by atoms with van der Waals surface area (Å²) < 4.78 is 14.4. The molecule has 0 saturated carbocycles. The maximum absolute atomic E-state index is 14.0. The summed E-state index contributed by atoms with van der Waals surface area (Å²) in [6.07, 6.45) is 0.766. The average molecular weight is 351 g/mol. The molecule has 0 fully saturated rings. The molecule has 3 nitrogen and oxygen atoms in total. The maximum Gasteiger partial charge on any atom is 0.262 e. The van der Waals surface area contributed by atoms with Crippen molar-refractivity contribution in [3.8, 4) is 0 Å². The van der Waals surface area contributed by atoms with E-state index in [1.807, 2.05) is 6.92 Å². The standard InChI is InChI=1S/C16H16BrFN2O/c1-2-10-20(12-8-6-11(19)7-9-12)16(21)15-13(17)4-3-5-14(15)18/h3-9H,2,10,19H2,1H3. The summed E-state index contributed by atoms with van der Waals surface area (Å²) >= 11 is 3.24. The zero-order valence-electron chi connectivity index (χ0n) is 11.6. The number of nitrogens with two attached hydrogens (primary N) is 1. The Labute approximate surface area is 131 Å². The summed E-state index contributed by atoms with van der Waals surface area (Å²) in [7, 11) is 0. The van der Waals surface area contributed by atoms with Crippen LogP contribution in [0.3, 0.4) is 0 Å². The van der Waals surface area contributed by atoms with Gasteiger partial charge in [-0.05, 0) is 58.7 Å². The molecule has 0 aromatic heterocycles. The predicted octanol–water partition coefficient (Wildman–Crippen LogP) is 4.23. The first-order chi connectivity index (χ1) is 10.0. The normalized spacial score (nSPS) is 10.4. The van der Waals surface area contributed by atoms with Crippen LogP contribution in [0.25, 0.3) is 0 Å². The number of anilines is 2. The molecule has 0 aliphatic carbocycles. The minimum atomic E-state index is -0.536. The minimum Gasteiger partial charge on any atom is -0.399 e. The van der Waals surface area contributed by atoms with Gasteiger partial charge in [-0.25, -0.2) is 4.39 Å². The van der Waals surface area contributed by atoms with Gasteiger partial charge >= 0.3 is 0 Å². The Kier molecular flexibility index (Phi) is 4.96. The largest absolute Gasteiger partial charge is 0.399 e. The van der Waals surface area contributed by atoms with Crippen LogP contribution in [-0.4, -0.2) is 12.5 Å². The number of halogens is 2. The molecule has 0 saturated heterocycles. The number of nitrogen functional groups attached to an aromatic ring is 1. The molecule has 0 unspecified atom stereocenters. The lowest BCUT2D eigenvalue weighted by molar-refractivity contribution is 0.0982. The van der Waals surface area contributed by atoms with Crippen LogP contribution in [0.5, 0.6) is 0 Å². The van der Waals surface area contributed by atoms with E-state index in [1.165, 1.54) is 6.07 Å². The lowest BCUT2D eigenvalue weighted by Crippen LogP contribution is -2.32. The topological polar surface area (TPSA) is 46.3 Å². The van der Waals surface area contributed by atoms with Crippen molar-refractivity contribution in [1.29, 1.82) is 0 Å². The molecule has 110 valence electrons. The summed E-state index contributed by atoms with van der Waals surface area (Å²) in [5.74, 6) is -0.905. The van der Waals surface area contributed by atoms with Crippen molar-refractivity contribution in [3.63, 3.8) is 0 Å². The molecule has 2 aromatic rings. The fourth-order valence-corrected chi connectivity index (χ4v) is 2.57. The molecule has 5 heteroatoms. The van der Waals surface area contributed by atoms with E-state index in [2.05, 4.69) is 15.9 Å². The van der Waals surface area contributed by atoms with Crippen LogP contribution in [0.2, 0.25) is 0 Å². The van der Waals surface area contributed by atoms with E-state index in [4.69, 9.17) is 5.73 Å². The van der Waals surface area contributed by atoms with Crippen LogP contribution in [0, 0.1) is 5.82 Å². The molecule has 0 aliphatic rings. The molecular formula is C16H16BrFN2O. The van der Waals surface area contributed by atoms with Gasteiger partial charge in [-0.15, -0.1) is 0 Å². The Morgan fingerprint density at radius 2 is 1.90 bits per heavy atom. The minimum absolute atomic E-state index is 0.0442. The molecule has 0 heterocycles. The molecule has 0 bridgehead atoms. The van der Waals surface area contributed by atoms with E-state index in [1.54, 1.807) is 41.3 Å². The summed E-state index contributed by atoms with van der Waals surface area (Å²) in [4.78, 5) is 14.2. The summed E-state index contributed by atoms with van der Waals surface area (Å²) in [6, 6.07) is 11.5. The summed E-state index contributed by atoms with van der Waals surface area (Å²) in [6.45, 7) is 2.47. The summed E-state index contributed by atoms with van der Waals surface area (Å²) in [5, 5.41) is 0. The highest BCUT2D eigenvalue weighted by molar-refractivity contribution is 9.10. The highest BCUT2D eigenvalue weighted by atomic mass is 79.9. The Balaban J connectivity index is 2.42. The molecule has 0 aliphatic heterocycles. The predicted molar refractivity (Wildman–Crippen MR) is 86.9 cm³/mol. The van der Waals surface area contributed by atoms with Gasteiger partial charge < -0.3 is 10.6 Å². The van der Waals surface area contributed by atoms with Crippen LogP contribution in [0.4, 0.5) is 15.8 Å². The van der Waals surface area contributed by atoms with Crippen molar-refractivity contribution in [1.82, 2.24) is 0 Å². The third kappa shape index (κ3) is 3.42. The number of carbonyl (C=O) groups is 1. The van der Waals surface area contributed by atoms with E-state index in [-0.39, 0.29) is 11.5 Å². The van der Waals surface area contributed by atoms with Gasteiger partial charge in [-0.2, -0.15) is 0 Å². The molecule has 2 rings (SSSR count). The fourth-order valence-electron chi connectivity index (χ4n) is 2.06. The maximum atomic E-state index is 14.0. The molecule has 2 N–H and O–H groups in total. The van der Waals surface area contributed by atoms with E-state index in [0.29, 0.717) is 22.4 Å². The zero-order chi connectivity index (χ0) is 15.4. The third-order valence-electron chi connectivity index (χ3n) is 3.07. The first-order valence-corrected chi connectivity index (χ1v) is 7.45. The number of carbonyl (C=O) groups excluding carboxylic acids is 1. The first-order valence-electron chi connectivity index (χ1n) is 6.66. The quantitative estimate of drug-likeness (QED) is 0.838. The highest BCUT2D eigenvalue weighted by Crippen LogP contribution is 2.25. The SMILES string of the molecule is CCCN(C(=O)c1c(F)cccc1Br)c1ccc(N)cc1. The van der Waals surface area contributed by atoms with Gasteiger partial charge in [0, 0.05) is 22.4 Å². The fraction of sp³-hybridized carbons (Fsp3) is 0.188. The van der Waals surface area contributed by atoms with Crippen LogP contribution in [0.15, 0.2) is 46.9 Å². The highest BCUT2D eigenvalue weighted by Gasteiger charge is 2.22.